The first-order chi connectivity index (χ1) is 14.7. The smallest absolute Gasteiger partial charge is 0.146 e. The van der Waals surface area contributed by atoms with Gasteiger partial charge in [0.05, 0.1) is 0 Å². The Morgan fingerprint density at radius 3 is 2.87 bits per heavy atom. The fourth-order valence-electron chi connectivity index (χ4n) is 3.84. The maximum Gasteiger partial charge on any atom is 0.146 e. The van der Waals surface area contributed by atoms with Crippen LogP contribution in [0.2, 0.25) is 0 Å². The van der Waals surface area contributed by atoms with Crippen molar-refractivity contribution in [2.24, 2.45) is 5.73 Å². The molecule has 3 heterocycles. The average Bonchev–Trinajstić information content (AvgIpc) is 2.78. The van der Waals surface area contributed by atoms with Gasteiger partial charge in [0, 0.05) is 56.2 Å². The van der Waals surface area contributed by atoms with E-state index in [0.29, 0.717) is 18.9 Å². The van der Waals surface area contributed by atoms with Crippen molar-refractivity contribution < 1.29 is 4.79 Å². The van der Waals surface area contributed by atoms with Crippen LogP contribution in [0.25, 0.3) is 6.08 Å². The van der Waals surface area contributed by atoms with Gasteiger partial charge in [0.15, 0.2) is 0 Å². The quantitative estimate of drug-likeness (QED) is 0.516. The number of likely N-dealkylation sites (N-methyl/N-ethyl adjacent to an activating group) is 1. The van der Waals surface area contributed by atoms with Crippen LogP contribution in [0.1, 0.15) is 17.2 Å². The van der Waals surface area contributed by atoms with Crippen LogP contribution >= 0.6 is 0 Å². The van der Waals surface area contributed by atoms with E-state index in [4.69, 9.17) is 10.7 Å². The zero-order chi connectivity index (χ0) is 20.9. The van der Waals surface area contributed by atoms with E-state index in [-0.39, 0.29) is 0 Å². The van der Waals surface area contributed by atoms with Gasteiger partial charge in [-0.2, -0.15) is 0 Å². The summed E-state index contributed by atoms with van der Waals surface area (Å²) < 4.78 is 0. The Hall–Kier alpha value is -3.10. The number of carbonyl (C=O) groups is 1. The molecular weight excluding hydrogens is 378 g/mol. The Morgan fingerprint density at radius 2 is 2.10 bits per heavy atom. The highest BCUT2D eigenvalue weighted by Crippen LogP contribution is 2.33. The van der Waals surface area contributed by atoms with Crippen LogP contribution in [0.3, 0.4) is 0 Å². The normalized spacial score (nSPS) is 18.5. The van der Waals surface area contributed by atoms with Gasteiger partial charge in [-0.1, -0.05) is 6.07 Å². The monoisotopic (exact) mass is 407 g/mol. The third-order valence-electron chi connectivity index (χ3n) is 5.50. The van der Waals surface area contributed by atoms with Crippen molar-refractivity contribution in [3.63, 3.8) is 0 Å². The molecular formula is C22H29N7O. The summed E-state index contributed by atoms with van der Waals surface area (Å²) in [4.78, 5) is 21.2. The highest BCUT2D eigenvalue weighted by Gasteiger charge is 2.22. The number of hydrogen-bond donors (Lipinski definition) is 4. The molecule has 1 atom stereocenters. The van der Waals surface area contributed by atoms with Gasteiger partial charge >= 0.3 is 0 Å². The summed E-state index contributed by atoms with van der Waals surface area (Å²) in [6, 6.07) is 9.86. The summed E-state index contributed by atoms with van der Waals surface area (Å²) in [7, 11) is 2.15. The standard InChI is InChI=1S/C22H29N7O/c1-28-9-11-29(12-10-28)18-4-2-3-17(14-18)26-22-21-16(5-7-24-19(21)15-30)13-20(27-22)25-8-6-23/h2-5,7,13-15,19,24H,6,8-12,23H2,1H3,(H2,25,26,27). The fraction of sp³-hybridized carbons (Fsp3) is 0.364. The molecule has 0 aliphatic carbocycles. The number of fused-ring (bicyclic) bond motifs is 1. The molecule has 1 unspecified atom stereocenters. The van der Waals surface area contributed by atoms with Crippen molar-refractivity contribution >= 4 is 35.4 Å². The first-order valence-electron chi connectivity index (χ1n) is 10.4. The largest absolute Gasteiger partial charge is 0.378 e. The van der Waals surface area contributed by atoms with E-state index in [0.717, 1.165) is 55.1 Å². The minimum Gasteiger partial charge on any atom is -0.378 e. The number of pyridine rings is 1. The Labute approximate surface area is 177 Å². The predicted octanol–water partition coefficient (Wildman–Crippen LogP) is 1.76. The molecule has 1 aromatic heterocycles. The molecule has 5 N–H and O–H groups in total. The van der Waals surface area contributed by atoms with Gasteiger partial charge in [0.2, 0.25) is 0 Å². The van der Waals surface area contributed by atoms with Gasteiger partial charge < -0.3 is 36.3 Å². The van der Waals surface area contributed by atoms with Crippen molar-refractivity contribution in [2.75, 3.05) is 61.8 Å². The zero-order valence-electron chi connectivity index (χ0n) is 17.3. The summed E-state index contributed by atoms with van der Waals surface area (Å²) in [5.74, 6) is 1.39. The van der Waals surface area contributed by atoms with Crippen molar-refractivity contribution in [1.82, 2.24) is 15.2 Å². The van der Waals surface area contributed by atoms with E-state index in [9.17, 15) is 4.79 Å². The number of piperazine rings is 1. The summed E-state index contributed by atoms with van der Waals surface area (Å²) in [6.07, 6.45) is 4.66. The molecule has 2 aliphatic heterocycles. The third kappa shape index (κ3) is 4.39. The molecule has 8 heteroatoms. The number of rotatable bonds is 7. The van der Waals surface area contributed by atoms with Crippen molar-refractivity contribution in [3.05, 3.63) is 47.7 Å². The Morgan fingerprint density at radius 1 is 1.27 bits per heavy atom. The number of carbonyl (C=O) groups excluding carboxylic acids is 1. The first-order valence-corrected chi connectivity index (χ1v) is 10.4. The molecule has 158 valence electrons. The number of nitrogens with zero attached hydrogens (tertiary/aromatic N) is 3. The van der Waals surface area contributed by atoms with Crippen LogP contribution in [0, 0.1) is 0 Å². The Balaban J connectivity index is 1.64. The molecule has 0 spiro atoms. The summed E-state index contributed by atoms with van der Waals surface area (Å²) in [5.41, 5.74) is 9.56. The fourth-order valence-corrected chi connectivity index (χ4v) is 3.84. The van der Waals surface area contributed by atoms with Gasteiger partial charge in [0.1, 0.15) is 24.0 Å². The van der Waals surface area contributed by atoms with E-state index in [1.54, 1.807) is 6.20 Å². The van der Waals surface area contributed by atoms with E-state index in [2.05, 4.69) is 44.9 Å². The van der Waals surface area contributed by atoms with E-state index in [1.165, 1.54) is 5.69 Å². The second-order valence-corrected chi connectivity index (χ2v) is 7.65. The second-order valence-electron chi connectivity index (χ2n) is 7.65. The van der Waals surface area contributed by atoms with Crippen molar-refractivity contribution in [3.8, 4) is 0 Å². The van der Waals surface area contributed by atoms with E-state index in [1.807, 2.05) is 24.3 Å². The molecule has 2 aromatic rings. The number of nitrogens with one attached hydrogen (secondary N) is 3. The molecule has 4 rings (SSSR count). The SMILES string of the molecule is CN1CCN(c2cccc(Nc3nc(NCCN)cc4c3C(C=O)NC=C4)c2)CC1. The number of anilines is 4. The molecule has 0 bridgehead atoms. The maximum absolute atomic E-state index is 11.7. The second kappa shape index (κ2) is 9.15. The molecule has 0 amide bonds. The molecule has 0 saturated carbocycles. The van der Waals surface area contributed by atoms with Crippen LogP contribution in [0.15, 0.2) is 36.5 Å². The van der Waals surface area contributed by atoms with Crippen LogP contribution < -0.4 is 26.6 Å². The molecule has 1 aromatic carbocycles. The lowest BCUT2D eigenvalue weighted by Gasteiger charge is -2.34. The van der Waals surface area contributed by atoms with Crippen molar-refractivity contribution in [1.29, 1.82) is 0 Å². The molecule has 1 fully saturated rings. The van der Waals surface area contributed by atoms with Gasteiger partial charge in [0.25, 0.3) is 0 Å². The van der Waals surface area contributed by atoms with Gasteiger partial charge in [-0.15, -0.1) is 0 Å². The minimum absolute atomic E-state index is 0.440. The van der Waals surface area contributed by atoms with Gasteiger partial charge in [-0.3, -0.25) is 0 Å². The minimum atomic E-state index is -0.440. The lowest BCUT2D eigenvalue weighted by atomic mass is 9.99. The van der Waals surface area contributed by atoms with Gasteiger partial charge in [-0.05, 0) is 49.2 Å². The topological polar surface area (TPSA) is 98.6 Å². The van der Waals surface area contributed by atoms with Gasteiger partial charge in [-0.25, -0.2) is 4.98 Å². The molecule has 0 radical (unpaired) electrons. The Kier molecular flexibility index (Phi) is 6.15. The van der Waals surface area contributed by atoms with Crippen LogP contribution in [-0.2, 0) is 4.79 Å². The number of aldehydes is 1. The third-order valence-corrected chi connectivity index (χ3v) is 5.50. The average molecular weight is 408 g/mol. The highest BCUT2D eigenvalue weighted by molar-refractivity contribution is 5.79. The first kappa shape index (κ1) is 20.2. The summed E-state index contributed by atoms with van der Waals surface area (Å²) >= 11 is 0. The molecule has 30 heavy (non-hydrogen) atoms. The summed E-state index contributed by atoms with van der Waals surface area (Å²) in [6.45, 7) is 5.27. The zero-order valence-corrected chi connectivity index (χ0v) is 17.3. The maximum atomic E-state index is 11.7. The highest BCUT2D eigenvalue weighted by atomic mass is 16.1. The summed E-state index contributed by atoms with van der Waals surface area (Å²) in [5, 5.41) is 9.79. The van der Waals surface area contributed by atoms with E-state index >= 15 is 0 Å². The van der Waals surface area contributed by atoms with Crippen LogP contribution in [0.5, 0.6) is 0 Å². The molecule has 1 saturated heterocycles. The van der Waals surface area contributed by atoms with Crippen LogP contribution in [-0.4, -0.2) is 62.5 Å². The number of hydrogen-bond acceptors (Lipinski definition) is 8. The predicted molar refractivity (Wildman–Crippen MR) is 122 cm³/mol. The molecule has 2 aliphatic rings. The lowest BCUT2D eigenvalue weighted by molar-refractivity contribution is -0.109. The van der Waals surface area contributed by atoms with E-state index < -0.39 is 6.04 Å². The van der Waals surface area contributed by atoms with Crippen molar-refractivity contribution in [2.45, 2.75) is 6.04 Å². The Bertz CT molecular complexity index is 922. The lowest BCUT2D eigenvalue weighted by Crippen LogP contribution is -2.44. The number of aromatic nitrogens is 1. The number of benzene rings is 1. The molecule has 8 nitrogen and oxygen atoms in total. The van der Waals surface area contributed by atoms with Crippen LogP contribution in [0.4, 0.5) is 23.0 Å². The number of nitrogens with two attached hydrogens (primary N) is 1.